The Bertz CT molecular complexity index is 531. The number of rotatable bonds is 6. The second kappa shape index (κ2) is 7.83. The van der Waals surface area contributed by atoms with E-state index in [1.807, 2.05) is 0 Å². The standard InChI is InChI=1S/C13H18N4O4/c1-9(2)12(18)14-6-7-15-13(19)16-10-4-3-5-11(8-10)17(20)21/h3-5,8-9H,6-7H2,1-2H3,(H,14,18)(H2,15,16,19). The van der Waals surface area contributed by atoms with Gasteiger partial charge in [-0.2, -0.15) is 0 Å². The Morgan fingerprint density at radius 1 is 1.24 bits per heavy atom. The lowest BCUT2D eigenvalue weighted by molar-refractivity contribution is -0.384. The van der Waals surface area contributed by atoms with E-state index in [0.717, 1.165) is 0 Å². The minimum atomic E-state index is -0.537. The highest BCUT2D eigenvalue weighted by Gasteiger charge is 2.08. The molecular weight excluding hydrogens is 276 g/mol. The van der Waals surface area contributed by atoms with E-state index in [0.29, 0.717) is 12.2 Å². The molecule has 8 nitrogen and oxygen atoms in total. The van der Waals surface area contributed by atoms with E-state index in [2.05, 4.69) is 16.0 Å². The molecule has 1 aromatic carbocycles. The number of nitrogens with one attached hydrogen (secondary N) is 3. The lowest BCUT2D eigenvalue weighted by Gasteiger charge is -2.09. The fourth-order valence-electron chi connectivity index (χ4n) is 1.44. The van der Waals surface area contributed by atoms with Gasteiger partial charge in [-0.1, -0.05) is 19.9 Å². The van der Waals surface area contributed by atoms with Crippen LogP contribution in [0.25, 0.3) is 0 Å². The molecule has 114 valence electrons. The topological polar surface area (TPSA) is 113 Å². The molecular formula is C13H18N4O4. The first-order valence-electron chi connectivity index (χ1n) is 6.47. The van der Waals surface area contributed by atoms with Crippen LogP contribution in [0.5, 0.6) is 0 Å². The van der Waals surface area contributed by atoms with Crippen molar-refractivity contribution in [1.82, 2.24) is 10.6 Å². The summed E-state index contributed by atoms with van der Waals surface area (Å²) in [6.45, 7) is 4.13. The Labute approximate surface area is 122 Å². The van der Waals surface area contributed by atoms with Crippen molar-refractivity contribution >= 4 is 23.3 Å². The number of nitrogens with zero attached hydrogens (tertiary/aromatic N) is 1. The van der Waals surface area contributed by atoms with Crippen molar-refractivity contribution in [3.05, 3.63) is 34.4 Å². The monoisotopic (exact) mass is 294 g/mol. The second-order valence-electron chi connectivity index (χ2n) is 4.63. The summed E-state index contributed by atoms with van der Waals surface area (Å²) in [6, 6.07) is 5.14. The molecule has 0 spiro atoms. The fourth-order valence-corrected chi connectivity index (χ4v) is 1.44. The number of amides is 3. The maximum atomic E-state index is 11.6. The molecule has 0 radical (unpaired) electrons. The van der Waals surface area contributed by atoms with E-state index in [4.69, 9.17) is 0 Å². The first-order chi connectivity index (χ1) is 9.90. The van der Waals surface area contributed by atoms with Crippen molar-refractivity contribution in [2.45, 2.75) is 13.8 Å². The molecule has 0 atom stereocenters. The second-order valence-corrected chi connectivity index (χ2v) is 4.63. The maximum absolute atomic E-state index is 11.6. The van der Waals surface area contributed by atoms with Crippen LogP contribution in [-0.2, 0) is 4.79 Å². The van der Waals surface area contributed by atoms with Gasteiger partial charge in [-0.15, -0.1) is 0 Å². The molecule has 0 saturated carbocycles. The summed E-state index contributed by atoms with van der Waals surface area (Å²) in [5.41, 5.74) is 0.227. The number of benzene rings is 1. The molecule has 3 amide bonds. The number of anilines is 1. The third-order valence-corrected chi connectivity index (χ3v) is 2.55. The molecule has 0 saturated heterocycles. The highest BCUT2D eigenvalue weighted by molar-refractivity contribution is 5.89. The summed E-state index contributed by atoms with van der Waals surface area (Å²) in [6.07, 6.45) is 0. The molecule has 0 bridgehead atoms. The molecule has 21 heavy (non-hydrogen) atoms. The molecule has 0 aromatic heterocycles. The highest BCUT2D eigenvalue weighted by atomic mass is 16.6. The van der Waals surface area contributed by atoms with Gasteiger partial charge in [0.25, 0.3) is 5.69 Å². The van der Waals surface area contributed by atoms with Crippen LogP contribution in [0.2, 0.25) is 0 Å². The number of nitro groups is 1. The van der Waals surface area contributed by atoms with Gasteiger partial charge >= 0.3 is 6.03 Å². The van der Waals surface area contributed by atoms with E-state index in [1.165, 1.54) is 18.2 Å². The molecule has 3 N–H and O–H groups in total. The van der Waals surface area contributed by atoms with Crippen LogP contribution in [0.3, 0.4) is 0 Å². The lowest BCUT2D eigenvalue weighted by Crippen LogP contribution is -2.38. The summed E-state index contributed by atoms with van der Waals surface area (Å²) in [5, 5.41) is 18.3. The maximum Gasteiger partial charge on any atom is 0.319 e. The average Bonchev–Trinajstić information content (AvgIpc) is 2.43. The highest BCUT2D eigenvalue weighted by Crippen LogP contribution is 2.16. The zero-order valence-corrected chi connectivity index (χ0v) is 11.9. The van der Waals surface area contributed by atoms with E-state index >= 15 is 0 Å². The van der Waals surface area contributed by atoms with Crippen molar-refractivity contribution in [3.63, 3.8) is 0 Å². The molecule has 0 unspecified atom stereocenters. The van der Waals surface area contributed by atoms with Gasteiger partial charge in [-0.3, -0.25) is 14.9 Å². The third-order valence-electron chi connectivity index (χ3n) is 2.55. The minimum Gasteiger partial charge on any atom is -0.354 e. The van der Waals surface area contributed by atoms with Crippen LogP contribution in [-0.4, -0.2) is 30.0 Å². The van der Waals surface area contributed by atoms with Crippen molar-refractivity contribution in [3.8, 4) is 0 Å². The quantitative estimate of drug-likeness (QED) is 0.419. The predicted molar refractivity (Wildman–Crippen MR) is 78.0 cm³/mol. The van der Waals surface area contributed by atoms with E-state index in [-0.39, 0.29) is 24.1 Å². The number of nitro benzene ring substituents is 1. The van der Waals surface area contributed by atoms with Gasteiger partial charge in [0.05, 0.1) is 4.92 Å². The Morgan fingerprint density at radius 3 is 2.52 bits per heavy atom. The molecule has 0 fully saturated rings. The molecule has 0 aliphatic heterocycles. The van der Waals surface area contributed by atoms with Gasteiger partial charge in [-0.25, -0.2) is 4.79 Å². The average molecular weight is 294 g/mol. The van der Waals surface area contributed by atoms with Gasteiger partial charge in [0.2, 0.25) is 5.91 Å². The van der Waals surface area contributed by atoms with Gasteiger partial charge in [-0.05, 0) is 6.07 Å². The normalized spacial score (nSPS) is 10.0. The molecule has 1 aromatic rings. The fraction of sp³-hybridized carbons (Fsp3) is 0.385. The number of carbonyl (C=O) groups excluding carboxylic acids is 2. The SMILES string of the molecule is CC(C)C(=O)NCCNC(=O)Nc1cccc([N+](=O)[O-])c1. The first kappa shape index (κ1) is 16.4. The van der Waals surface area contributed by atoms with E-state index in [9.17, 15) is 19.7 Å². The molecule has 0 heterocycles. The molecule has 0 aliphatic rings. The van der Waals surface area contributed by atoms with Crippen LogP contribution in [0.15, 0.2) is 24.3 Å². The predicted octanol–water partition coefficient (Wildman–Crippen LogP) is 1.49. The Morgan fingerprint density at radius 2 is 1.90 bits per heavy atom. The van der Waals surface area contributed by atoms with Gasteiger partial charge in [0.15, 0.2) is 0 Å². The zero-order chi connectivity index (χ0) is 15.8. The minimum absolute atomic E-state index is 0.0871. The summed E-state index contributed by atoms with van der Waals surface area (Å²) in [4.78, 5) is 32.9. The Hall–Kier alpha value is -2.64. The van der Waals surface area contributed by atoms with Crippen molar-refractivity contribution in [2.75, 3.05) is 18.4 Å². The smallest absolute Gasteiger partial charge is 0.319 e. The van der Waals surface area contributed by atoms with Gasteiger partial charge in [0, 0.05) is 36.8 Å². The van der Waals surface area contributed by atoms with Crippen molar-refractivity contribution in [1.29, 1.82) is 0 Å². The summed E-state index contributed by atoms with van der Waals surface area (Å²) in [5.74, 6) is -0.195. The summed E-state index contributed by atoms with van der Waals surface area (Å²) >= 11 is 0. The molecule has 8 heteroatoms. The Balaban J connectivity index is 2.35. The number of non-ortho nitro benzene ring substituents is 1. The van der Waals surface area contributed by atoms with Gasteiger partial charge in [0.1, 0.15) is 0 Å². The van der Waals surface area contributed by atoms with Gasteiger partial charge < -0.3 is 16.0 Å². The largest absolute Gasteiger partial charge is 0.354 e. The van der Waals surface area contributed by atoms with Crippen LogP contribution in [0.4, 0.5) is 16.2 Å². The van der Waals surface area contributed by atoms with Crippen LogP contribution >= 0.6 is 0 Å². The molecule has 1 rings (SSSR count). The zero-order valence-electron chi connectivity index (χ0n) is 11.9. The number of hydrogen-bond acceptors (Lipinski definition) is 4. The van der Waals surface area contributed by atoms with Crippen molar-refractivity contribution < 1.29 is 14.5 Å². The first-order valence-corrected chi connectivity index (χ1v) is 6.47. The van der Waals surface area contributed by atoms with Crippen molar-refractivity contribution in [2.24, 2.45) is 5.92 Å². The summed E-state index contributed by atoms with van der Waals surface area (Å²) < 4.78 is 0. The summed E-state index contributed by atoms with van der Waals surface area (Å²) in [7, 11) is 0. The number of hydrogen-bond donors (Lipinski definition) is 3. The number of urea groups is 1. The van der Waals surface area contributed by atoms with Crippen LogP contribution in [0.1, 0.15) is 13.8 Å². The van der Waals surface area contributed by atoms with Crippen LogP contribution in [0, 0.1) is 16.0 Å². The molecule has 0 aliphatic carbocycles. The third kappa shape index (κ3) is 5.89. The van der Waals surface area contributed by atoms with E-state index < -0.39 is 11.0 Å². The lowest BCUT2D eigenvalue weighted by atomic mass is 10.2. The van der Waals surface area contributed by atoms with Crippen LogP contribution < -0.4 is 16.0 Å². The Kier molecular flexibility index (Phi) is 6.12. The van der Waals surface area contributed by atoms with E-state index in [1.54, 1.807) is 19.9 Å². The number of carbonyl (C=O) groups is 2.